The largest absolute Gasteiger partial charge is 0.394 e. The fourth-order valence-electron chi connectivity index (χ4n) is 3.01. The Labute approximate surface area is 129 Å². The van der Waals surface area contributed by atoms with E-state index in [0.29, 0.717) is 12.6 Å². The van der Waals surface area contributed by atoms with Gasteiger partial charge >= 0.3 is 0 Å². The quantitative estimate of drug-likeness (QED) is 0.893. The molecular formula is C16H20ClN3O. The van der Waals surface area contributed by atoms with Crippen LogP contribution in [0.4, 0.5) is 0 Å². The molecular weight excluding hydrogens is 286 g/mol. The van der Waals surface area contributed by atoms with Crippen LogP contribution in [-0.2, 0) is 19.5 Å². The van der Waals surface area contributed by atoms with Crippen LogP contribution in [0.3, 0.4) is 0 Å². The zero-order chi connectivity index (χ0) is 14.7. The van der Waals surface area contributed by atoms with Crippen LogP contribution in [-0.4, -0.2) is 21.5 Å². The van der Waals surface area contributed by atoms with Gasteiger partial charge in [0.15, 0.2) is 0 Å². The Bertz CT molecular complexity index is 611. The summed E-state index contributed by atoms with van der Waals surface area (Å²) < 4.78 is 1.93. The van der Waals surface area contributed by atoms with Crippen molar-refractivity contribution < 1.29 is 5.11 Å². The van der Waals surface area contributed by atoms with Crippen molar-refractivity contribution in [2.75, 3.05) is 6.61 Å². The van der Waals surface area contributed by atoms with Gasteiger partial charge in [0, 0.05) is 28.9 Å². The predicted octanol–water partition coefficient (Wildman–Crippen LogP) is 2.70. The average Bonchev–Trinajstić information content (AvgIpc) is 2.90. The smallest absolute Gasteiger partial charge is 0.0644 e. The first-order chi connectivity index (χ1) is 10.3. The van der Waals surface area contributed by atoms with Crippen LogP contribution >= 0.6 is 11.6 Å². The van der Waals surface area contributed by atoms with Crippen LogP contribution in [0.2, 0.25) is 5.02 Å². The van der Waals surface area contributed by atoms with Gasteiger partial charge in [-0.3, -0.25) is 4.68 Å². The number of benzene rings is 1. The number of aliphatic hydroxyl groups is 1. The lowest BCUT2D eigenvalue weighted by Crippen LogP contribution is -2.25. The van der Waals surface area contributed by atoms with E-state index in [-0.39, 0.29) is 6.61 Å². The summed E-state index contributed by atoms with van der Waals surface area (Å²) in [4.78, 5) is 0. The number of halogens is 1. The van der Waals surface area contributed by atoms with Crippen molar-refractivity contribution in [2.45, 2.75) is 38.4 Å². The highest BCUT2D eigenvalue weighted by atomic mass is 35.5. The monoisotopic (exact) mass is 305 g/mol. The summed E-state index contributed by atoms with van der Waals surface area (Å²) in [6.07, 6.45) is 5.26. The van der Waals surface area contributed by atoms with Gasteiger partial charge in [-0.1, -0.05) is 23.7 Å². The highest BCUT2D eigenvalue weighted by Gasteiger charge is 2.23. The van der Waals surface area contributed by atoms with Gasteiger partial charge in [-0.25, -0.2) is 0 Å². The molecule has 0 saturated carbocycles. The minimum absolute atomic E-state index is 0.134. The molecule has 0 spiro atoms. The van der Waals surface area contributed by atoms with E-state index >= 15 is 0 Å². The van der Waals surface area contributed by atoms with Gasteiger partial charge in [0.25, 0.3) is 0 Å². The lowest BCUT2D eigenvalue weighted by atomic mass is 9.93. The lowest BCUT2D eigenvalue weighted by molar-refractivity contribution is 0.266. The van der Waals surface area contributed by atoms with Crippen LogP contribution in [0, 0.1) is 0 Å². The summed E-state index contributed by atoms with van der Waals surface area (Å²) in [5.41, 5.74) is 3.73. The van der Waals surface area contributed by atoms with Gasteiger partial charge in [-0.2, -0.15) is 5.10 Å². The van der Waals surface area contributed by atoms with Gasteiger partial charge in [-0.05, 0) is 37.0 Å². The minimum Gasteiger partial charge on any atom is -0.394 e. The van der Waals surface area contributed by atoms with Crippen molar-refractivity contribution in [3.05, 3.63) is 52.3 Å². The molecule has 0 amide bonds. The second-order valence-corrected chi connectivity index (χ2v) is 5.89. The van der Waals surface area contributed by atoms with Crippen molar-refractivity contribution in [3.63, 3.8) is 0 Å². The molecule has 0 bridgehead atoms. The molecule has 0 unspecified atom stereocenters. The molecule has 1 aromatic heterocycles. The summed E-state index contributed by atoms with van der Waals surface area (Å²) in [5, 5.41) is 17.9. The third-order valence-corrected chi connectivity index (χ3v) is 4.25. The van der Waals surface area contributed by atoms with Crippen LogP contribution in [0.1, 0.15) is 35.7 Å². The number of nitrogens with one attached hydrogen (secondary N) is 1. The summed E-state index contributed by atoms with van der Waals surface area (Å²) in [6.45, 7) is 1.51. The van der Waals surface area contributed by atoms with Gasteiger partial charge < -0.3 is 10.4 Å². The number of fused-ring (bicyclic) bond motifs is 1. The topological polar surface area (TPSA) is 50.1 Å². The molecule has 5 heteroatoms. The molecule has 1 heterocycles. The highest BCUT2D eigenvalue weighted by Crippen LogP contribution is 2.29. The van der Waals surface area contributed by atoms with E-state index in [1.807, 2.05) is 29.1 Å². The molecule has 1 aliphatic carbocycles. The van der Waals surface area contributed by atoms with Crippen molar-refractivity contribution in [1.82, 2.24) is 15.1 Å². The maximum atomic E-state index is 9.09. The predicted molar refractivity (Wildman–Crippen MR) is 83.3 cm³/mol. The first kappa shape index (κ1) is 14.6. The van der Waals surface area contributed by atoms with E-state index < -0.39 is 0 Å². The summed E-state index contributed by atoms with van der Waals surface area (Å²) >= 11 is 6.02. The highest BCUT2D eigenvalue weighted by molar-refractivity contribution is 6.30. The molecule has 1 aromatic carbocycles. The van der Waals surface area contributed by atoms with Gasteiger partial charge in [-0.15, -0.1) is 0 Å². The van der Waals surface area contributed by atoms with Crippen LogP contribution in [0.25, 0.3) is 0 Å². The number of hydrogen-bond acceptors (Lipinski definition) is 3. The Hall–Kier alpha value is -1.36. The SMILES string of the molecule is OCCn1ncc2c1CCC[C@H]2NCc1cccc(Cl)c1. The standard InChI is InChI=1S/C16H20ClN3O/c17-13-4-1-3-12(9-13)10-18-15-5-2-6-16-14(15)11-19-20(16)7-8-21/h1,3-4,9,11,15,18,21H,2,5-8,10H2/t15-/m1/s1. The maximum Gasteiger partial charge on any atom is 0.0644 e. The molecule has 4 nitrogen and oxygen atoms in total. The van der Waals surface area contributed by atoms with Gasteiger partial charge in [0.05, 0.1) is 19.3 Å². The number of hydrogen-bond donors (Lipinski definition) is 2. The molecule has 1 atom stereocenters. The van der Waals surface area contributed by atoms with E-state index in [1.165, 1.54) is 16.8 Å². The van der Waals surface area contributed by atoms with E-state index in [9.17, 15) is 0 Å². The van der Waals surface area contributed by atoms with Crippen LogP contribution in [0.5, 0.6) is 0 Å². The van der Waals surface area contributed by atoms with E-state index in [1.54, 1.807) is 0 Å². The van der Waals surface area contributed by atoms with Crippen molar-refractivity contribution in [2.24, 2.45) is 0 Å². The fourth-order valence-corrected chi connectivity index (χ4v) is 3.22. The molecule has 112 valence electrons. The zero-order valence-electron chi connectivity index (χ0n) is 11.9. The first-order valence-corrected chi connectivity index (χ1v) is 7.79. The first-order valence-electron chi connectivity index (χ1n) is 7.41. The molecule has 0 aliphatic heterocycles. The van der Waals surface area contributed by atoms with Crippen molar-refractivity contribution >= 4 is 11.6 Å². The fraction of sp³-hybridized carbons (Fsp3) is 0.438. The third kappa shape index (κ3) is 3.28. The number of nitrogens with zero attached hydrogens (tertiary/aromatic N) is 2. The lowest BCUT2D eigenvalue weighted by Gasteiger charge is -2.24. The molecule has 0 saturated heterocycles. The van der Waals surface area contributed by atoms with E-state index in [4.69, 9.17) is 16.7 Å². The average molecular weight is 306 g/mol. The molecule has 21 heavy (non-hydrogen) atoms. The third-order valence-electron chi connectivity index (χ3n) is 4.02. The van der Waals surface area contributed by atoms with E-state index in [0.717, 1.165) is 30.8 Å². The summed E-state index contributed by atoms with van der Waals surface area (Å²) in [7, 11) is 0. The molecule has 2 aromatic rings. The Morgan fingerprint density at radius 2 is 2.33 bits per heavy atom. The maximum absolute atomic E-state index is 9.09. The van der Waals surface area contributed by atoms with Gasteiger partial charge in [0.1, 0.15) is 0 Å². The Kier molecular flexibility index (Phi) is 4.58. The molecule has 1 aliphatic rings. The van der Waals surface area contributed by atoms with Crippen molar-refractivity contribution in [3.8, 4) is 0 Å². The minimum atomic E-state index is 0.134. The Morgan fingerprint density at radius 3 is 3.14 bits per heavy atom. The Balaban J connectivity index is 1.70. The Morgan fingerprint density at radius 1 is 1.43 bits per heavy atom. The van der Waals surface area contributed by atoms with Crippen molar-refractivity contribution in [1.29, 1.82) is 0 Å². The molecule has 2 N–H and O–H groups in total. The zero-order valence-corrected chi connectivity index (χ0v) is 12.7. The summed E-state index contributed by atoms with van der Waals surface area (Å²) in [5.74, 6) is 0. The normalized spacial score (nSPS) is 17.7. The number of rotatable bonds is 5. The number of aromatic nitrogens is 2. The second-order valence-electron chi connectivity index (χ2n) is 5.45. The summed E-state index contributed by atoms with van der Waals surface area (Å²) in [6, 6.07) is 8.28. The van der Waals surface area contributed by atoms with Crippen LogP contribution < -0.4 is 5.32 Å². The molecule has 0 fully saturated rings. The molecule has 3 rings (SSSR count). The number of aliphatic hydroxyl groups excluding tert-OH is 1. The van der Waals surface area contributed by atoms with E-state index in [2.05, 4.69) is 16.5 Å². The van der Waals surface area contributed by atoms with Crippen LogP contribution in [0.15, 0.2) is 30.5 Å². The van der Waals surface area contributed by atoms with Gasteiger partial charge in [0.2, 0.25) is 0 Å². The second kappa shape index (κ2) is 6.60. The molecule has 0 radical (unpaired) electrons.